The summed E-state index contributed by atoms with van der Waals surface area (Å²) in [4.78, 5) is 15.6. The van der Waals surface area contributed by atoms with E-state index in [0.29, 0.717) is 5.52 Å². The van der Waals surface area contributed by atoms with Gasteiger partial charge in [-0.25, -0.2) is 9.78 Å². The van der Waals surface area contributed by atoms with Crippen molar-refractivity contribution in [2.24, 2.45) is 0 Å². The number of nitrogens with zero attached hydrogens (tertiary/aromatic N) is 2. The monoisotopic (exact) mass is 280 g/mol. The van der Waals surface area contributed by atoms with Crippen LogP contribution in [0.5, 0.6) is 0 Å². The van der Waals surface area contributed by atoms with Crippen molar-refractivity contribution in [1.82, 2.24) is 9.55 Å². The summed E-state index contributed by atoms with van der Waals surface area (Å²) in [7, 11) is 0. The highest BCUT2D eigenvalue weighted by molar-refractivity contribution is 6.00. The number of hydrogen-bond acceptors (Lipinski definition) is 2. The van der Waals surface area contributed by atoms with E-state index in [4.69, 9.17) is 0 Å². The molecule has 4 heteroatoms. The van der Waals surface area contributed by atoms with Gasteiger partial charge in [-0.1, -0.05) is 30.3 Å². The number of imidazole rings is 1. The van der Waals surface area contributed by atoms with Crippen molar-refractivity contribution in [1.29, 1.82) is 0 Å². The highest BCUT2D eigenvalue weighted by Crippen LogP contribution is 2.26. The molecule has 0 fully saturated rings. The molecule has 1 atom stereocenters. The number of fused-ring (bicyclic) bond motifs is 1. The van der Waals surface area contributed by atoms with E-state index in [2.05, 4.69) is 31.0 Å². The Balaban J connectivity index is 2.16. The van der Waals surface area contributed by atoms with Gasteiger partial charge in [0, 0.05) is 0 Å². The van der Waals surface area contributed by atoms with Gasteiger partial charge in [0.15, 0.2) is 0 Å². The summed E-state index contributed by atoms with van der Waals surface area (Å²) in [6, 6.07) is 13.5. The quantitative estimate of drug-likeness (QED) is 0.796. The summed E-state index contributed by atoms with van der Waals surface area (Å²) < 4.78 is 2.02. The lowest BCUT2D eigenvalue weighted by Gasteiger charge is -2.17. The Hall–Kier alpha value is -2.62. The second-order valence-electron chi connectivity index (χ2n) is 5.16. The van der Waals surface area contributed by atoms with E-state index in [0.717, 1.165) is 5.52 Å². The molecule has 1 unspecified atom stereocenters. The Morgan fingerprint density at radius 1 is 1.19 bits per heavy atom. The van der Waals surface area contributed by atoms with Crippen molar-refractivity contribution < 1.29 is 9.90 Å². The molecule has 0 radical (unpaired) electrons. The first-order valence-electron chi connectivity index (χ1n) is 6.84. The van der Waals surface area contributed by atoms with Crippen LogP contribution in [0.1, 0.15) is 34.5 Å². The van der Waals surface area contributed by atoms with Crippen LogP contribution in [0.4, 0.5) is 0 Å². The number of carbonyl (C=O) groups is 1. The van der Waals surface area contributed by atoms with Crippen LogP contribution < -0.4 is 0 Å². The summed E-state index contributed by atoms with van der Waals surface area (Å²) in [6.45, 7) is 4.17. The number of para-hydroxylation sites is 1. The average molecular weight is 280 g/mol. The van der Waals surface area contributed by atoms with E-state index in [1.165, 1.54) is 11.1 Å². The van der Waals surface area contributed by atoms with Crippen LogP contribution in [0.3, 0.4) is 0 Å². The number of rotatable bonds is 3. The lowest BCUT2D eigenvalue weighted by molar-refractivity contribution is 0.0699. The van der Waals surface area contributed by atoms with Crippen molar-refractivity contribution in [2.75, 3.05) is 0 Å². The maximum absolute atomic E-state index is 11.3. The predicted octanol–water partition coefficient (Wildman–Crippen LogP) is 3.65. The Labute approximate surface area is 122 Å². The van der Waals surface area contributed by atoms with Gasteiger partial charge in [-0.15, -0.1) is 0 Å². The number of aryl methyl sites for hydroxylation is 1. The third-order valence-electron chi connectivity index (χ3n) is 3.89. The van der Waals surface area contributed by atoms with Crippen LogP contribution >= 0.6 is 0 Å². The Bertz CT molecular complexity index is 821. The molecule has 1 N–H and O–H groups in total. The normalized spacial score (nSPS) is 12.5. The van der Waals surface area contributed by atoms with Crippen molar-refractivity contribution in [3.05, 3.63) is 65.5 Å². The molecule has 0 aliphatic heterocycles. The summed E-state index contributed by atoms with van der Waals surface area (Å²) in [6.07, 6.45) is 1.72. The zero-order valence-corrected chi connectivity index (χ0v) is 11.9. The summed E-state index contributed by atoms with van der Waals surface area (Å²) in [5.41, 5.74) is 4.03. The molecular formula is C17H16N2O2. The molecule has 0 saturated carbocycles. The van der Waals surface area contributed by atoms with Gasteiger partial charge in [0.05, 0.1) is 23.4 Å². The lowest BCUT2D eigenvalue weighted by atomic mass is 10.0. The molecule has 0 saturated heterocycles. The smallest absolute Gasteiger partial charge is 0.337 e. The highest BCUT2D eigenvalue weighted by atomic mass is 16.4. The Morgan fingerprint density at radius 3 is 2.67 bits per heavy atom. The minimum absolute atomic E-state index is 0.0974. The molecule has 4 nitrogen and oxygen atoms in total. The van der Waals surface area contributed by atoms with Crippen molar-refractivity contribution in [2.45, 2.75) is 19.9 Å². The van der Waals surface area contributed by atoms with Crippen molar-refractivity contribution >= 4 is 17.0 Å². The van der Waals surface area contributed by atoms with Gasteiger partial charge >= 0.3 is 5.97 Å². The van der Waals surface area contributed by atoms with E-state index in [1.807, 2.05) is 22.8 Å². The fourth-order valence-corrected chi connectivity index (χ4v) is 2.74. The number of carboxylic acids is 1. The molecule has 0 aliphatic carbocycles. The first kappa shape index (κ1) is 13.4. The van der Waals surface area contributed by atoms with Gasteiger partial charge in [-0.2, -0.15) is 0 Å². The molecule has 106 valence electrons. The summed E-state index contributed by atoms with van der Waals surface area (Å²) >= 11 is 0. The summed E-state index contributed by atoms with van der Waals surface area (Å²) in [5.74, 6) is -0.950. The van der Waals surface area contributed by atoms with Gasteiger partial charge in [-0.3, -0.25) is 0 Å². The maximum atomic E-state index is 11.3. The van der Waals surface area contributed by atoms with E-state index in [9.17, 15) is 9.90 Å². The van der Waals surface area contributed by atoms with Gasteiger partial charge < -0.3 is 9.67 Å². The largest absolute Gasteiger partial charge is 0.478 e. The third kappa shape index (κ3) is 2.18. The van der Waals surface area contributed by atoms with Gasteiger partial charge in [0.2, 0.25) is 0 Å². The molecular weight excluding hydrogens is 264 g/mol. The van der Waals surface area contributed by atoms with E-state index in [-0.39, 0.29) is 11.6 Å². The topological polar surface area (TPSA) is 55.1 Å². The standard InChI is InChI=1S/C17H16N2O2/c1-11-6-3-4-7-13(11)12(2)19-10-18-16-14(17(20)21)8-5-9-15(16)19/h3-10,12H,1-2H3,(H,20,21). The molecule has 3 rings (SSSR count). The third-order valence-corrected chi connectivity index (χ3v) is 3.89. The van der Waals surface area contributed by atoms with Gasteiger partial charge in [0.1, 0.15) is 5.52 Å². The minimum Gasteiger partial charge on any atom is -0.478 e. The van der Waals surface area contributed by atoms with E-state index >= 15 is 0 Å². The summed E-state index contributed by atoms with van der Waals surface area (Å²) in [5, 5.41) is 9.24. The maximum Gasteiger partial charge on any atom is 0.337 e. The molecule has 21 heavy (non-hydrogen) atoms. The van der Waals surface area contributed by atoms with E-state index in [1.54, 1.807) is 18.5 Å². The molecule has 2 aromatic carbocycles. The zero-order chi connectivity index (χ0) is 15.0. The number of benzene rings is 2. The average Bonchev–Trinajstić information content (AvgIpc) is 2.90. The van der Waals surface area contributed by atoms with Crippen LogP contribution in [-0.4, -0.2) is 20.6 Å². The van der Waals surface area contributed by atoms with Crippen LogP contribution in [0, 0.1) is 6.92 Å². The number of hydrogen-bond donors (Lipinski definition) is 1. The van der Waals surface area contributed by atoms with Crippen molar-refractivity contribution in [3.63, 3.8) is 0 Å². The zero-order valence-electron chi connectivity index (χ0n) is 11.9. The number of aromatic nitrogens is 2. The molecule has 0 aliphatic rings. The highest BCUT2D eigenvalue weighted by Gasteiger charge is 2.16. The predicted molar refractivity (Wildman–Crippen MR) is 81.7 cm³/mol. The van der Waals surface area contributed by atoms with Crippen LogP contribution in [0.25, 0.3) is 11.0 Å². The molecule has 0 spiro atoms. The van der Waals surface area contributed by atoms with Crippen LogP contribution in [0.15, 0.2) is 48.8 Å². The van der Waals surface area contributed by atoms with Crippen molar-refractivity contribution in [3.8, 4) is 0 Å². The molecule has 0 bridgehead atoms. The molecule has 3 aromatic rings. The number of aromatic carboxylic acids is 1. The Morgan fingerprint density at radius 2 is 1.95 bits per heavy atom. The molecule has 0 amide bonds. The Kier molecular flexibility index (Phi) is 3.22. The molecule has 1 aromatic heterocycles. The molecule has 1 heterocycles. The van der Waals surface area contributed by atoms with Gasteiger partial charge in [0.25, 0.3) is 0 Å². The SMILES string of the molecule is Cc1ccccc1C(C)n1cnc2c(C(=O)O)cccc21. The second kappa shape index (κ2) is 5.05. The van der Waals surface area contributed by atoms with Crippen LogP contribution in [0.2, 0.25) is 0 Å². The fraction of sp³-hybridized carbons (Fsp3) is 0.176. The minimum atomic E-state index is -0.950. The number of carboxylic acid groups (broad SMARTS) is 1. The second-order valence-corrected chi connectivity index (χ2v) is 5.16. The first-order chi connectivity index (χ1) is 10.1. The van der Waals surface area contributed by atoms with E-state index < -0.39 is 5.97 Å². The first-order valence-corrected chi connectivity index (χ1v) is 6.84. The van der Waals surface area contributed by atoms with Crippen LogP contribution in [-0.2, 0) is 0 Å². The lowest BCUT2D eigenvalue weighted by Crippen LogP contribution is -2.07. The van der Waals surface area contributed by atoms with Gasteiger partial charge in [-0.05, 0) is 37.1 Å². The fourth-order valence-electron chi connectivity index (χ4n) is 2.74.